The molecule has 5 aromatic rings. The lowest BCUT2D eigenvalue weighted by molar-refractivity contribution is 0.569. The highest BCUT2D eigenvalue weighted by Gasteiger charge is 2.43. The Balaban J connectivity index is 1.45. The number of fused-ring (bicyclic) bond motifs is 1. The molecule has 1 fully saturated rings. The number of hydrogen-bond donors (Lipinski definition) is 0. The first kappa shape index (κ1) is 27.2. The van der Waals surface area contributed by atoms with Crippen LogP contribution in [0, 0.1) is 31.3 Å². The molecule has 0 spiro atoms. The first-order valence-corrected chi connectivity index (χ1v) is 14.8. The van der Waals surface area contributed by atoms with Crippen LogP contribution in [0.5, 0.6) is 0 Å². The summed E-state index contributed by atoms with van der Waals surface area (Å²) in [5, 5.41) is 4.00. The zero-order chi connectivity index (χ0) is 29.4. The molecule has 2 atom stereocenters. The third-order valence-electron chi connectivity index (χ3n) is 7.47. The molecule has 6 rings (SSSR count). The van der Waals surface area contributed by atoms with Crippen molar-refractivity contribution in [3.05, 3.63) is 110 Å². The van der Waals surface area contributed by atoms with Gasteiger partial charge in [0.2, 0.25) is 0 Å². The van der Waals surface area contributed by atoms with Crippen molar-refractivity contribution in [3.8, 4) is 16.9 Å². The van der Waals surface area contributed by atoms with Crippen LogP contribution in [-0.4, -0.2) is 33.8 Å². The van der Waals surface area contributed by atoms with Gasteiger partial charge in [0.1, 0.15) is 21.4 Å². The molecule has 1 aliphatic rings. The Kier molecular flexibility index (Phi) is 6.35. The molecule has 4 heterocycles. The molecule has 1 aromatic carbocycles. The zero-order valence-electron chi connectivity index (χ0n) is 22.0. The van der Waals surface area contributed by atoms with E-state index in [4.69, 9.17) is 11.6 Å². The molecule has 210 valence electrons. The smallest absolute Gasteiger partial charge is 0.274 e. The van der Waals surface area contributed by atoms with E-state index in [0.29, 0.717) is 17.7 Å². The van der Waals surface area contributed by atoms with Gasteiger partial charge in [0.15, 0.2) is 21.5 Å². The summed E-state index contributed by atoms with van der Waals surface area (Å²) >= 11 is 6.60. The summed E-state index contributed by atoms with van der Waals surface area (Å²) in [6.07, 6.45) is 5.64. The highest BCUT2D eigenvalue weighted by atomic mass is 35.5. The van der Waals surface area contributed by atoms with E-state index >= 15 is 8.78 Å². The van der Waals surface area contributed by atoms with Gasteiger partial charge in [-0.25, -0.2) is 26.1 Å². The lowest BCUT2D eigenvalue weighted by Crippen LogP contribution is -2.24. The standard InChI is InChI=1S/C29H22ClF3N4O3S/c1-14-12-34-27(17-5-4-6-23(25(17)32)41(3,39)40)26(33)28(14)37-15(2)9-21(24(30)29(37)38)19-11-18(19)20-10-16(31)13-36-22(20)7-8-35-36/h4-10,12-13,18-19H,11H2,1-3H3/t18?,19-/m1/s1. The predicted molar refractivity (Wildman–Crippen MR) is 148 cm³/mol. The third kappa shape index (κ3) is 4.43. The Labute approximate surface area is 237 Å². The van der Waals surface area contributed by atoms with E-state index in [1.54, 1.807) is 32.2 Å². The summed E-state index contributed by atoms with van der Waals surface area (Å²) in [7, 11) is -3.93. The summed E-state index contributed by atoms with van der Waals surface area (Å²) in [4.78, 5) is 17.1. The van der Waals surface area contributed by atoms with Gasteiger partial charge in [-0.3, -0.25) is 14.3 Å². The summed E-state index contributed by atoms with van der Waals surface area (Å²) in [5.74, 6) is -2.82. The maximum atomic E-state index is 16.1. The molecule has 4 aromatic heterocycles. The second-order valence-electron chi connectivity index (χ2n) is 10.3. The molecule has 41 heavy (non-hydrogen) atoms. The van der Waals surface area contributed by atoms with Gasteiger partial charge in [-0.2, -0.15) is 5.10 Å². The number of hydrogen-bond acceptors (Lipinski definition) is 5. The van der Waals surface area contributed by atoms with Crippen LogP contribution in [0.3, 0.4) is 0 Å². The number of nitrogens with zero attached hydrogens (tertiary/aromatic N) is 4. The number of pyridine rings is 3. The van der Waals surface area contributed by atoms with Crippen LogP contribution in [0.4, 0.5) is 13.2 Å². The topological polar surface area (TPSA) is 86.3 Å². The van der Waals surface area contributed by atoms with Crippen LogP contribution < -0.4 is 5.56 Å². The van der Waals surface area contributed by atoms with Crippen LogP contribution in [0.15, 0.2) is 64.7 Å². The molecule has 0 radical (unpaired) electrons. The van der Waals surface area contributed by atoms with Crippen molar-refractivity contribution in [1.29, 1.82) is 0 Å². The molecule has 7 nitrogen and oxygen atoms in total. The lowest BCUT2D eigenvalue weighted by Gasteiger charge is -2.18. The number of aromatic nitrogens is 4. The predicted octanol–water partition coefficient (Wildman–Crippen LogP) is 5.91. The Hall–Kier alpha value is -3.96. The summed E-state index contributed by atoms with van der Waals surface area (Å²) in [6, 6.07) is 8.54. The van der Waals surface area contributed by atoms with Crippen molar-refractivity contribution in [2.45, 2.75) is 37.0 Å². The Morgan fingerprint density at radius 2 is 1.76 bits per heavy atom. The van der Waals surface area contributed by atoms with Crippen LogP contribution in [-0.2, 0) is 9.84 Å². The maximum Gasteiger partial charge on any atom is 0.274 e. The highest BCUT2D eigenvalue weighted by molar-refractivity contribution is 7.90. The average molecular weight is 599 g/mol. The minimum Gasteiger partial charge on any atom is -0.277 e. The van der Waals surface area contributed by atoms with Crippen molar-refractivity contribution >= 4 is 27.0 Å². The van der Waals surface area contributed by atoms with Gasteiger partial charge < -0.3 is 0 Å². The van der Waals surface area contributed by atoms with E-state index in [0.717, 1.165) is 28.0 Å². The van der Waals surface area contributed by atoms with Crippen LogP contribution in [0.25, 0.3) is 22.5 Å². The molecule has 0 amide bonds. The van der Waals surface area contributed by atoms with Crippen LogP contribution in [0.1, 0.15) is 40.6 Å². The highest BCUT2D eigenvalue weighted by Crippen LogP contribution is 2.56. The second-order valence-corrected chi connectivity index (χ2v) is 12.6. The molecule has 0 bridgehead atoms. The quantitative estimate of drug-likeness (QED) is 0.251. The van der Waals surface area contributed by atoms with Gasteiger partial charge in [0.05, 0.1) is 17.4 Å². The van der Waals surface area contributed by atoms with E-state index in [-0.39, 0.29) is 33.7 Å². The first-order chi connectivity index (χ1) is 19.4. The fourth-order valence-electron chi connectivity index (χ4n) is 5.49. The van der Waals surface area contributed by atoms with Crippen LogP contribution in [0.2, 0.25) is 5.02 Å². The van der Waals surface area contributed by atoms with Gasteiger partial charge in [0.25, 0.3) is 5.56 Å². The SMILES string of the molecule is Cc1cnc(-c2cccc(S(C)(=O)=O)c2F)c(F)c1-n1c(C)cc([C@@H]2CC2c2cc(F)cn3nccc23)c(Cl)c1=O. The molecule has 1 saturated carbocycles. The fraction of sp³-hybridized carbons (Fsp3) is 0.207. The molecule has 0 saturated heterocycles. The van der Waals surface area contributed by atoms with Crippen molar-refractivity contribution in [1.82, 2.24) is 19.2 Å². The number of rotatable bonds is 5. The van der Waals surface area contributed by atoms with E-state index < -0.39 is 43.4 Å². The summed E-state index contributed by atoms with van der Waals surface area (Å²) in [5.41, 5.74) is 1.08. The fourth-order valence-corrected chi connectivity index (χ4v) is 6.53. The minimum absolute atomic E-state index is 0.0897. The summed E-state index contributed by atoms with van der Waals surface area (Å²) < 4.78 is 72.2. The normalized spacial score (nSPS) is 16.9. The largest absolute Gasteiger partial charge is 0.277 e. The lowest BCUT2D eigenvalue weighted by atomic mass is 10.0. The number of aryl methyl sites for hydroxylation is 2. The van der Waals surface area contributed by atoms with Crippen molar-refractivity contribution in [2.75, 3.05) is 6.26 Å². The zero-order valence-corrected chi connectivity index (χ0v) is 23.6. The maximum absolute atomic E-state index is 16.1. The Morgan fingerprint density at radius 3 is 2.49 bits per heavy atom. The van der Waals surface area contributed by atoms with Crippen molar-refractivity contribution in [3.63, 3.8) is 0 Å². The van der Waals surface area contributed by atoms with E-state index in [1.807, 2.05) is 0 Å². The Bertz CT molecular complexity index is 2070. The monoisotopic (exact) mass is 598 g/mol. The van der Waals surface area contributed by atoms with E-state index in [1.165, 1.54) is 35.1 Å². The second kappa shape index (κ2) is 9.56. The minimum atomic E-state index is -3.93. The Morgan fingerprint density at radius 1 is 1.02 bits per heavy atom. The van der Waals surface area contributed by atoms with Crippen molar-refractivity contribution in [2.24, 2.45) is 0 Å². The number of sulfone groups is 1. The summed E-state index contributed by atoms with van der Waals surface area (Å²) in [6.45, 7) is 3.17. The van der Waals surface area contributed by atoms with E-state index in [9.17, 15) is 17.6 Å². The van der Waals surface area contributed by atoms with Crippen molar-refractivity contribution < 1.29 is 21.6 Å². The molecule has 1 aliphatic carbocycles. The molecular formula is C29H22ClF3N4O3S. The number of benzene rings is 1. The van der Waals surface area contributed by atoms with Gasteiger partial charge in [-0.15, -0.1) is 0 Å². The molecule has 1 unspecified atom stereocenters. The molecule has 0 aliphatic heterocycles. The third-order valence-corrected chi connectivity index (χ3v) is 8.97. The molecule has 0 N–H and O–H groups in total. The first-order valence-electron chi connectivity index (χ1n) is 12.6. The van der Waals surface area contributed by atoms with Gasteiger partial charge in [-0.1, -0.05) is 17.7 Å². The van der Waals surface area contributed by atoms with Crippen LogP contribution >= 0.6 is 11.6 Å². The molecular weight excluding hydrogens is 577 g/mol. The van der Waals surface area contributed by atoms with Gasteiger partial charge >= 0.3 is 0 Å². The molecule has 12 heteroatoms. The average Bonchev–Trinajstić information content (AvgIpc) is 3.55. The van der Waals surface area contributed by atoms with Gasteiger partial charge in [-0.05, 0) is 79.1 Å². The van der Waals surface area contributed by atoms with E-state index in [2.05, 4.69) is 10.1 Å². The number of halogens is 4. The van der Waals surface area contributed by atoms with Gasteiger partial charge in [0, 0.05) is 29.9 Å².